The van der Waals surface area contributed by atoms with Gasteiger partial charge in [0.1, 0.15) is 12.6 Å². The van der Waals surface area contributed by atoms with Gasteiger partial charge < -0.3 is 15.1 Å². The molecule has 1 saturated heterocycles. The quantitative estimate of drug-likeness (QED) is 0.896. The lowest BCUT2D eigenvalue weighted by Crippen LogP contribution is -2.47. The number of benzene rings is 1. The van der Waals surface area contributed by atoms with Crippen molar-refractivity contribution in [2.24, 2.45) is 0 Å². The topological polar surface area (TPSA) is 82.6 Å². The van der Waals surface area contributed by atoms with Gasteiger partial charge in [0.25, 0.3) is 5.91 Å². The molecule has 1 atom stereocenters. The molecule has 1 N–H and O–H groups in total. The van der Waals surface area contributed by atoms with Crippen LogP contribution in [0.1, 0.15) is 28.1 Å². The van der Waals surface area contributed by atoms with E-state index in [0.717, 1.165) is 11.3 Å². The predicted octanol–water partition coefficient (Wildman–Crippen LogP) is 2.04. The van der Waals surface area contributed by atoms with Crippen molar-refractivity contribution < 1.29 is 14.4 Å². The largest absolute Gasteiger partial charge is 0.327 e. The summed E-state index contributed by atoms with van der Waals surface area (Å²) in [6, 6.07) is 6.47. The molecule has 7 nitrogen and oxygen atoms in total. The summed E-state index contributed by atoms with van der Waals surface area (Å²) in [5.41, 5.74) is 0.950. The second kappa shape index (κ2) is 6.53. The van der Waals surface area contributed by atoms with Gasteiger partial charge in [-0.1, -0.05) is 12.1 Å². The van der Waals surface area contributed by atoms with Crippen molar-refractivity contribution in [1.82, 2.24) is 9.88 Å². The third-order valence-corrected chi connectivity index (χ3v) is 5.49. The summed E-state index contributed by atoms with van der Waals surface area (Å²) in [4.78, 5) is 46.6. The number of amides is 3. The SMILES string of the molecule is Cc1cnc(NC(=O)CN2C(=O)[C@@H]3CCCN3C(=O)c3ccccc32)s1. The molecule has 3 amide bonds. The number of para-hydroxylation sites is 1. The maximum Gasteiger partial charge on any atom is 0.256 e. The Morgan fingerprint density at radius 3 is 2.92 bits per heavy atom. The average Bonchev–Trinajstić information content (AvgIpc) is 3.26. The minimum Gasteiger partial charge on any atom is -0.327 e. The number of nitrogens with one attached hydrogen (secondary N) is 1. The zero-order valence-corrected chi connectivity index (χ0v) is 15.1. The van der Waals surface area contributed by atoms with Gasteiger partial charge >= 0.3 is 0 Å². The highest BCUT2D eigenvalue weighted by Gasteiger charge is 2.42. The fourth-order valence-corrected chi connectivity index (χ4v) is 4.17. The van der Waals surface area contributed by atoms with Gasteiger partial charge in [0.15, 0.2) is 5.13 Å². The molecule has 0 bridgehead atoms. The van der Waals surface area contributed by atoms with Gasteiger partial charge in [-0.3, -0.25) is 14.4 Å². The maximum atomic E-state index is 13.1. The number of nitrogens with zero attached hydrogens (tertiary/aromatic N) is 3. The third kappa shape index (κ3) is 2.86. The highest BCUT2D eigenvalue weighted by molar-refractivity contribution is 7.15. The summed E-state index contributed by atoms with van der Waals surface area (Å²) < 4.78 is 0. The average molecular weight is 370 g/mol. The van der Waals surface area contributed by atoms with Crippen molar-refractivity contribution in [1.29, 1.82) is 0 Å². The van der Waals surface area contributed by atoms with Crippen LogP contribution in [0.15, 0.2) is 30.5 Å². The van der Waals surface area contributed by atoms with E-state index in [-0.39, 0.29) is 24.3 Å². The van der Waals surface area contributed by atoms with Crippen LogP contribution < -0.4 is 10.2 Å². The first-order valence-corrected chi connectivity index (χ1v) is 9.30. The first-order chi connectivity index (χ1) is 12.5. The molecule has 4 rings (SSSR count). The van der Waals surface area contributed by atoms with Crippen LogP contribution in [0.4, 0.5) is 10.8 Å². The van der Waals surface area contributed by atoms with Crippen LogP contribution in [0.5, 0.6) is 0 Å². The van der Waals surface area contributed by atoms with Crippen LogP contribution >= 0.6 is 11.3 Å². The van der Waals surface area contributed by atoms with Crippen LogP contribution in [-0.4, -0.2) is 46.7 Å². The smallest absolute Gasteiger partial charge is 0.256 e. The number of aromatic nitrogens is 1. The molecule has 2 aromatic rings. The summed E-state index contributed by atoms with van der Waals surface area (Å²) in [7, 11) is 0. The van der Waals surface area contributed by atoms with E-state index in [0.29, 0.717) is 29.3 Å². The summed E-state index contributed by atoms with van der Waals surface area (Å²) in [6.07, 6.45) is 3.10. The molecule has 2 aliphatic rings. The van der Waals surface area contributed by atoms with Crippen molar-refractivity contribution in [2.75, 3.05) is 23.3 Å². The molecule has 3 heterocycles. The molecule has 0 saturated carbocycles. The van der Waals surface area contributed by atoms with Gasteiger partial charge in [0.05, 0.1) is 11.3 Å². The van der Waals surface area contributed by atoms with Gasteiger partial charge in [-0.25, -0.2) is 4.98 Å². The molecule has 1 aromatic carbocycles. The van der Waals surface area contributed by atoms with E-state index < -0.39 is 6.04 Å². The maximum absolute atomic E-state index is 13.1. The van der Waals surface area contributed by atoms with Gasteiger partial charge in [0, 0.05) is 17.6 Å². The normalized spacial score (nSPS) is 19.2. The molecular formula is C18H18N4O3S. The zero-order valence-electron chi connectivity index (χ0n) is 14.3. The van der Waals surface area contributed by atoms with E-state index in [1.807, 2.05) is 6.92 Å². The number of aryl methyl sites for hydroxylation is 1. The molecule has 134 valence electrons. The zero-order chi connectivity index (χ0) is 18.3. The highest BCUT2D eigenvalue weighted by atomic mass is 32.1. The summed E-state index contributed by atoms with van der Waals surface area (Å²) in [6.45, 7) is 2.33. The molecule has 8 heteroatoms. The molecule has 0 radical (unpaired) electrons. The van der Waals surface area contributed by atoms with Crippen molar-refractivity contribution in [3.05, 3.63) is 40.9 Å². The standard InChI is InChI=1S/C18H18N4O3S/c1-11-9-19-18(26-11)20-15(23)10-22-13-6-3-2-5-12(13)16(24)21-8-4-7-14(21)17(22)25/h2-3,5-6,9,14H,4,7-8,10H2,1H3,(H,19,20,23)/t14-/m0/s1. The Morgan fingerprint density at radius 2 is 2.15 bits per heavy atom. The van der Waals surface area contributed by atoms with E-state index in [9.17, 15) is 14.4 Å². The number of rotatable bonds is 3. The first kappa shape index (κ1) is 16.7. The minimum atomic E-state index is -0.496. The van der Waals surface area contributed by atoms with Crippen molar-refractivity contribution >= 4 is 39.9 Å². The molecule has 26 heavy (non-hydrogen) atoms. The Labute approximate surface area is 154 Å². The monoisotopic (exact) mass is 370 g/mol. The molecule has 0 spiro atoms. The fourth-order valence-electron chi connectivity index (χ4n) is 3.49. The molecule has 2 aliphatic heterocycles. The van der Waals surface area contributed by atoms with E-state index in [1.54, 1.807) is 35.4 Å². The number of thiazole rings is 1. The van der Waals surface area contributed by atoms with Crippen molar-refractivity contribution in [3.63, 3.8) is 0 Å². The minimum absolute atomic E-state index is 0.144. The number of carbonyl (C=O) groups is 3. The summed E-state index contributed by atoms with van der Waals surface area (Å²) in [5, 5.41) is 3.23. The lowest BCUT2D eigenvalue weighted by atomic mass is 10.1. The van der Waals surface area contributed by atoms with E-state index in [4.69, 9.17) is 0 Å². The van der Waals surface area contributed by atoms with Gasteiger partial charge in [-0.2, -0.15) is 0 Å². The lowest BCUT2D eigenvalue weighted by Gasteiger charge is -2.25. The van der Waals surface area contributed by atoms with Crippen LogP contribution in [0.2, 0.25) is 0 Å². The number of hydrogen-bond acceptors (Lipinski definition) is 5. The van der Waals surface area contributed by atoms with Crippen molar-refractivity contribution in [3.8, 4) is 0 Å². The molecular weight excluding hydrogens is 352 g/mol. The van der Waals surface area contributed by atoms with Gasteiger partial charge in [-0.15, -0.1) is 11.3 Å². The predicted molar refractivity (Wildman–Crippen MR) is 98.3 cm³/mol. The van der Waals surface area contributed by atoms with Crippen LogP contribution in [0, 0.1) is 6.92 Å². The molecule has 0 unspecified atom stereocenters. The molecule has 0 aliphatic carbocycles. The second-order valence-electron chi connectivity index (χ2n) is 6.42. The Bertz CT molecular complexity index is 894. The highest BCUT2D eigenvalue weighted by Crippen LogP contribution is 2.32. The summed E-state index contributed by atoms with van der Waals surface area (Å²) >= 11 is 1.38. The Balaban J connectivity index is 1.64. The van der Waals surface area contributed by atoms with Crippen molar-refractivity contribution in [2.45, 2.75) is 25.8 Å². The van der Waals surface area contributed by atoms with Gasteiger partial charge in [-0.05, 0) is 31.9 Å². The number of carbonyl (C=O) groups excluding carboxylic acids is 3. The lowest BCUT2D eigenvalue weighted by molar-refractivity contribution is -0.124. The third-order valence-electron chi connectivity index (χ3n) is 4.66. The second-order valence-corrected chi connectivity index (χ2v) is 7.66. The number of anilines is 2. The van der Waals surface area contributed by atoms with E-state index >= 15 is 0 Å². The Morgan fingerprint density at radius 1 is 1.35 bits per heavy atom. The molecule has 1 fully saturated rings. The first-order valence-electron chi connectivity index (χ1n) is 8.48. The Hall–Kier alpha value is -2.74. The van der Waals surface area contributed by atoms with Crippen LogP contribution in [0.3, 0.4) is 0 Å². The van der Waals surface area contributed by atoms with Gasteiger partial charge in [0.2, 0.25) is 11.8 Å². The number of fused-ring (bicyclic) bond motifs is 2. The van der Waals surface area contributed by atoms with Crippen LogP contribution in [0.25, 0.3) is 0 Å². The fraction of sp³-hybridized carbons (Fsp3) is 0.333. The summed E-state index contributed by atoms with van der Waals surface area (Å²) in [5.74, 6) is -0.678. The Kier molecular flexibility index (Phi) is 4.20. The molecule has 1 aromatic heterocycles. The van der Waals surface area contributed by atoms with E-state index in [2.05, 4.69) is 10.3 Å². The van der Waals surface area contributed by atoms with E-state index in [1.165, 1.54) is 16.2 Å². The van der Waals surface area contributed by atoms with Crippen LogP contribution in [-0.2, 0) is 9.59 Å². The number of hydrogen-bond donors (Lipinski definition) is 1.